The zero-order valence-corrected chi connectivity index (χ0v) is 6.48. The van der Waals surface area contributed by atoms with Crippen molar-refractivity contribution in [2.75, 3.05) is 6.61 Å². The van der Waals surface area contributed by atoms with Crippen LogP contribution in [0.5, 0.6) is 0 Å². The van der Waals surface area contributed by atoms with Crippen LogP contribution >= 0.6 is 0 Å². The van der Waals surface area contributed by atoms with E-state index >= 15 is 0 Å². The zero-order chi connectivity index (χ0) is 4.99. The van der Waals surface area contributed by atoms with E-state index in [0.717, 1.165) is 0 Å². The van der Waals surface area contributed by atoms with Crippen molar-refractivity contribution in [2.24, 2.45) is 5.73 Å². The molecule has 2 N–H and O–H groups in total. The summed E-state index contributed by atoms with van der Waals surface area (Å²) in [5, 5.41) is 0. The Morgan fingerprint density at radius 2 is 1.89 bits per heavy atom. The number of carbonyl (C=O) groups is 1. The van der Waals surface area contributed by atoms with Crippen molar-refractivity contribution in [1.82, 2.24) is 0 Å². The van der Waals surface area contributed by atoms with E-state index in [1.807, 2.05) is 0 Å². The second kappa shape index (κ2) is 15.7. The average molecular weight is 169 g/mol. The normalized spacial score (nSPS) is 5.00. The number of hydrogen-bond acceptors (Lipinski definition) is 2. The van der Waals surface area contributed by atoms with Crippen LogP contribution in [0.2, 0.25) is 0 Å². The van der Waals surface area contributed by atoms with Gasteiger partial charge in [0.15, 0.2) is 0 Å². The smallest absolute Gasteiger partial charge is 2.00 e. The molecule has 0 saturated carbocycles. The molecule has 0 rings (SSSR count). The predicted octanol–water partition coefficient (Wildman–Crippen LogP) is -0.138. The first-order valence-corrected chi connectivity index (χ1v) is 1.69. The summed E-state index contributed by atoms with van der Waals surface area (Å²) < 4.78 is 4.18. The number of nitrogens with two attached hydrogens (primary N) is 1. The molecule has 1 amide bonds. The molecule has 0 spiro atoms. The van der Waals surface area contributed by atoms with Crippen molar-refractivity contribution in [3.63, 3.8) is 0 Å². The molecule has 0 aromatic heterocycles. The first-order chi connectivity index (χ1) is 2.77. The van der Waals surface area contributed by atoms with Gasteiger partial charge in [0.05, 0.1) is 6.61 Å². The van der Waals surface area contributed by atoms with Crippen LogP contribution in [0.15, 0.2) is 0 Å². The molecule has 0 saturated heterocycles. The van der Waals surface area contributed by atoms with Gasteiger partial charge in [-0.25, -0.2) is 4.79 Å². The van der Waals surface area contributed by atoms with Crippen LogP contribution in [0.4, 0.5) is 4.79 Å². The van der Waals surface area contributed by atoms with Crippen LogP contribution in [-0.2, 0) is 37.4 Å². The van der Waals surface area contributed by atoms with Crippen molar-refractivity contribution in [3.8, 4) is 0 Å². The van der Waals surface area contributed by atoms with Gasteiger partial charge in [0.25, 0.3) is 0 Å². The Kier molecular flexibility index (Phi) is 40.3. The molecule has 0 radical (unpaired) electrons. The standard InChI is InChI=1S/C3H7NO2.2O.Ti/c1-2-6-3(4)5;;;/h2H2,1H3,(H2,4,5);;;/q;2*-2;+4. The molecule has 0 aromatic rings. The molecule has 0 fully saturated rings. The van der Waals surface area contributed by atoms with Gasteiger partial charge >= 0.3 is 27.8 Å². The van der Waals surface area contributed by atoms with Gasteiger partial charge in [0, 0.05) is 0 Å². The van der Waals surface area contributed by atoms with Crippen molar-refractivity contribution in [3.05, 3.63) is 0 Å². The van der Waals surface area contributed by atoms with Gasteiger partial charge in [0.2, 0.25) is 0 Å². The van der Waals surface area contributed by atoms with E-state index in [1.54, 1.807) is 6.92 Å². The number of primary amides is 1. The average Bonchev–Trinajstić information content (AvgIpc) is 1.35. The van der Waals surface area contributed by atoms with Crippen LogP contribution in [0, 0.1) is 0 Å². The zero-order valence-electron chi connectivity index (χ0n) is 4.92. The van der Waals surface area contributed by atoms with Crippen molar-refractivity contribution >= 4 is 6.09 Å². The Bertz CT molecular complexity index is 59.8. The number of carbonyl (C=O) groups excluding carboxylic acids is 1. The Morgan fingerprint density at radius 1 is 1.56 bits per heavy atom. The topological polar surface area (TPSA) is 109 Å². The summed E-state index contributed by atoms with van der Waals surface area (Å²) >= 11 is 0. The van der Waals surface area contributed by atoms with Gasteiger partial charge < -0.3 is 21.4 Å². The monoisotopic (exact) mass is 169 g/mol. The van der Waals surface area contributed by atoms with Gasteiger partial charge in [-0.05, 0) is 6.92 Å². The molecule has 0 aliphatic heterocycles. The van der Waals surface area contributed by atoms with E-state index in [0.29, 0.717) is 6.61 Å². The Labute approximate surface area is 68.1 Å². The minimum atomic E-state index is -0.711. The van der Waals surface area contributed by atoms with Crippen LogP contribution in [0.3, 0.4) is 0 Å². The molecule has 0 aromatic carbocycles. The Hall–Kier alpha value is -0.0957. The van der Waals surface area contributed by atoms with E-state index in [4.69, 9.17) is 0 Å². The summed E-state index contributed by atoms with van der Waals surface area (Å²) in [6.45, 7) is 2.06. The summed E-state index contributed by atoms with van der Waals surface area (Å²) in [7, 11) is 0. The molecular formula is C3H7NO4Ti. The molecule has 0 atom stereocenters. The summed E-state index contributed by atoms with van der Waals surface area (Å²) in [6, 6.07) is 0. The van der Waals surface area contributed by atoms with Crippen LogP contribution in [-0.4, -0.2) is 12.7 Å². The first-order valence-electron chi connectivity index (χ1n) is 1.69. The van der Waals surface area contributed by atoms with E-state index in [-0.39, 0.29) is 32.7 Å². The van der Waals surface area contributed by atoms with Gasteiger partial charge in [-0.15, -0.1) is 0 Å². The fourth-order valence-electron chi connectivity index (χ4n) is 0.142. The second-order valence-corrected chi connectivity index (χ2v) is 0.752. The minimum Gasteiger partial charge on any atom is -2.00 e. The fourth-order valence-corrected chi connectivity index (χ4v) is 0.142. The maximum absolute atomic E-state index is 9.60. The molecule has 0 unspecified atom stereocenters. The van der Waals surface area contributed by atoms with Crippen molar-refractivity contribution < 1.29 is 42.2 Å². The third-order valence-corrected chi connectivity index (χ3v) is 0.287. The molecule has 6 heteroatoms. The third-order valence-electron chi connectivity index (χ3n) is 0.287. The van der Waals surface area contributed by atoms with Crippen molar-refractivity contribution in [2.45, 2.75) is 6.92 Å². The number of amides is 1. The molecule has 5 nitrogen and oxygen atoms in total. The fraction of sp³-hybridized carbons (Fsp3) is 0.667. The SMILES string of the molecule is CCOC(N)=O.[O-2].[O-2].[Ti+4]. The van der Waals surface area contributed by atoms with Gasteiger partial charge in [-0.2, -0.15) is 0 Å². The summed E-state index contributed by atoms with van der Waals surface area (Å²) in [4.78, 5) is 9.60. The van der Waals surface area contributed by atoms with E-state index in [9.17, 15) is 4.79 Å². The summed E-state index contributed by atoms with van der Waals surface area (Å²) in [5.74, 6) is 0. The van der Waals surface area contributed by atoms with Gasteiger partial charge in [-0.1, -0.05) is 0 Å². The maximum Gasteiger partial charge on any atom is 4.00 e. The Balaban J connectivity index is -0.0000000417. The molecule has 0 bridgehead atoms. The molecule has 0 heterocycles. The molecular weight excluding hydrogens is 162 g/mol. The Morgan fingerprint density at radius 3 is 1.89 bits per heavy atom. The van der Waals surface area contributed by atoms with E-state index < -0.39 is 6.09 Å². The number of hydrogen-bond donors (Lipinski definition) is 1. The van der Waals surface area contributed by atoms with E-state index in [1.165, 1.54) is 0 Å². The summed E-state index contributed by atoms with van der Waals surface area (Å²) in [6.07, 6.45) is -0.711. The molecule has 52 valence electrons. The summed E-state index contributed by atoms with van der Waals surface area (Å²) in [5.41, 5.74) is 4.54. The van der Waals surface area contributed by atoms with Gasteiger partial charge in [-0.3, -0.25) is 0 Å². The number of rotatable bonds is 1. The first kappa shape index (κ1) is 23.1. The van der Waals surface area contributed by atoms with Crippen LogP contribution in [0.1, 0.15) is 6.92 Å². The van der Waals surface area contributed by atoms with Crippen LogP contribution < -0.4 is 5.73 Å². The predicted molar refractivity (Wildman–Crippen MR) is 22.6 cm³/mol. The third kappa shape index (κ3) is 32.7. The molecule has 9 heavy (non-hydrogen) atoms. The second-order valence-electron chi connectivity index (χ2n) is 0.752. The van der Waals surface area contributed by atoms with Crippen molar-refractivity contribution in [1.29, 1.82) is 0 Å². The minimum absolute atomic E-state index is 0. The number of ether oxygens (including phenoxy) is 1. The largest absolute Gasteiger partial charge is 4.00 e. The molecule has 0 aliphatic rings. The van der Waals surface area contributed by atoms with E-state index in [2.05, 4.69) is 10.5 Å². The molecule has 0 aliphatic carbocycles. The quantitative estimate of drug-likeness (QED) is 0.551. The van der Waals surface area contributed by atoms with Crippen LogP contribution in [0.25, 0.3) is 0 Å². The van der Waals surface area contributed by atoms with Gasteiger partial charge in [0.1, 0.15) is 0 Å². The maximum atomic E-state index is 9.60.